The summed E-state index contributed by atoms with van der Waals surface area (Å²) in [5.74, 6) is 0.909. The van der Waals surface area contributed by atoms with Crippen LogP contribution in [-0.4, -0.2) is 0 Å². The second kappa shape index (κ2) is 43.9. The van der Waals surface area contributed by atoms with Gasteiger partial charge >= 0.3 is 0 Å². The summed E-state index contributed by atoms with van der Waals surface area (Å²) < 4.78 is 0. The van der Waals surface area contributed by atoms with E-state index < -0.39 is 0 Å². The molecule has 0 radical (unpaired) electrons. The van der Waals surface area contributed by atoms with Gasteiger partial charge in [-0.15, -0.1) is 0 Å². The van der Waals surface area contributed by atoms with Gasteiger partial charge in [0.2, 0.25) is 0 Å². The summed E-state index contributed by atoms with van der Waals surface area (Å²) >= 11 is 0. The lowest BCUT2D eigenvalue weighted by molar-refractivity contribution is -0.0936. The fourth-order valence-electron chi connectivity index (χ4n) is 12.3. The zero-order valence-electron chi connectivity index (χ0n) is 45.0. The number of hydrogen-bond acceptors (Lipinski definition) is 0. The van der Waals surface area contributed by atoms with E-state index in [1.54, 1.807) is 19.3 Å². The standard InChI is InChI=1S/C61H124/c1-10-16-22-27-31-34-36-38-41-46-52-58(51-45-21-15-6)61(57-59(7,8)9,56-50-26-20-14-5)60(53-47-42-30-25-19-13-4,54-48-43-39-33-29-24-18-12-3)55-49-44-40-37-35-32-28-23-17-11-2/h58H,10-57H2,1-9H3. The van der Waals surface area contributed by atoms with Crippen LogP contribution in [0.15, 0.2) is 0 Å². The third-order valence-corrected chi connectivity index (χ3v) is 15.7. The van der Waals surface area contributed by atoms with Crippen LogP contribution in [0.25, 0.3) is 0 Å². The summed E-state index contributed by atoms with van der Waals surface area (Å²) in [5, 5.41) is 0. The maximum atomic E-state index is 2.67. The second-order valence-corrected chi connectivity index (χ2v) is 22.8. The van der Waals surface area contributed by atoms with Gasteiger partial charge in [0.25, 0.3) is 0 Å². The molecule has 61 heavy (non-hydrogen) atoms. The van der Waals surface area contributed by atoms with Crippen LogP contribution in [0.1, 0.15) is 371 Å². The minimum Gasteiger partial charge on any atom is -0.0654 e. The summed E-state index contributed by atoms with van der Waals surface area (Å²) in [6, 6.07) is 0. The summed E-state index contributed by atoms with van der Waals surface area (Å²) in [7, 11) is 0. The van der Waals surface area contributed by atoms with E-state index in [-0.39, 0.29) is 0 Å². The normalized spacial score (nSPS) is 14.7. The minimum absolute atomic E-state index is 0.370. The molecule has 3 unspecified atom stereocenters. The molecule has 0 N–H and O–H groups in total. The first-order chi connectivity index (χ1) is 29.7. The monoisotopic (exact) mass is 857 g/mol. The van der Waals surface area contributed by atoms with E-state index in [4.69, 9.17) is 0 Å². The highest BCUT2D eigenvalue weighted by Gasteiger charge is 2.54. The van der Waals surface area contributed by atoms with E-state index in [1.807, 2.05) is 0 Å². The van der Waals surface area contributed by atoms with E-state index in [1.165, 1.54) is 289 Å². The van der Waals surface area contributed by atoms with Gasteiger partial charge in [0.05, 0.1) is 0 Å². The first kappa shape index (κ1) is 61.0. The van der Waals surface area contributed by atoms with Crippen LogP contribution < -0.4 is 0 Å². The molecule has 0 rings (SSSR count). The number of hydrogen-bond donors (Lipinski definition) is 0. The van der Waals surface area contributed by atoms with Gasteiger partial charge in [-0.25, -0.2) is 0 Å². The molecule has 0 heteroatoms. The maximum absolute atomic E-state index is 2.67. The highest BCUT2D eigenvalue weighted by Crippen LogP contribution is 2.63. The average molecular weight is 858 g/mol. The molecule has 0 spiro atoms. The highest BCUT2D eigenvalue weighted by atomic mass is 14.6. The summed E-state index contributed by atoms with van der Waals surface area (Å²) in [6.07, 6.45) is 70.4. The van der Waals surface area contributed by atoms with Crippen molar-refractivity contribution in [2.24, 2.45) is 22.2 Å². The molecule has 0 aromatic heterocycles. The Morgan fingerprint density at radius 2 is 0.459 bits per heavy atom. The number of rotatable bonds is 50. The summed E-state index contributed by atoms with van der Waals surface area (Å²) in [6.45, 7) is 22.4. The first-order valence-corrected chi connectivity index (χ1v) is 29.7. The molecule has 0 aromatic carbocycles. The Bertz CT molecular complexity index is 833. The molecule has 0 saturated carbocycles. The smallest absolute Gasteiger partial charge is 0.0208 e. The molecular weight excluding hydrogens is 733 g/mol. The largest absolute Gasteiger partial charge is 0.0654 e. The fraction of sp³-hybridized carbons (Fsp3) is 1.00. The minimum atomic E-state index is 0.370. The Morgan fingerprint density at radius 1 is 0.246 bits per heavy atom. The molecule has 0 amide bonds. The van der Waals surface area contributed by atoms with Crippen molar-refractivity contribution in [2.45, 2.75) is 371 Å². The summed E-state index contributed by atoms with van der Waals surface area (Å²) in [4.78, 5) is 0. The van der Waals surface area contributed by atoms with Crippen LogP contribution in [-0.2, 0) is 0 Å². The Morgan fingerprint density at radius 3 is 0.754 bits per heavy atom. The quantitative estimate of drug-likeness (QED) is 0.0535. The molecule has 0 aromatic rings. The van der Waals surface area contributed by atoms with Crippen molar-refractivity contribution in [3.63, 3.8) is 0 Å². The van der Waals surface area contributed by atoms with Gasteiger partial charge in [0.15, 0.2) is 0 Å². The van der Waals surface area contributed by atoms with E-state index in [2.05, 4.69) is 62.3 Å². The molecule has 0 aliphatic rings. The molecular formula is C61H124. The van der Waals surface area contributed by atoms with Gasteiger partial charge in [0, 0.05) is 0 Å². The van der Waals surface area contributed by atoms with E-state index >= 15 is 0 Å². The Labute approximate surface area is 391 Å². The van der Waals surface area contributed by atoms with Crippen LogP contribution in [0.5, 0.6) is 0 Å². The van der Waals surface area contributed by atoms with Crippen LogP contribution in [0.3, 0.4) is 0 Å². The van der Waals surface area contributed by atoms with Crippen LogP contribution in [0.2, 0.25) is 0 Å². The van der Waals surface area contributed by atoms with E-state index in [0.29, 0.717) is 16.2 Å². The van der Waals surface area contributed by atoms with Gasteiger partial charge in [-0.2, -0.15) is 0 Å². The van der Waals surface area contributed by atoms with Crippen LogP contribution in [0.4, 0.5) is 0 Å². The number of unbranched alkanes of at least 4 members (excludes halogenated alkanes) is 35. The van der Waals surface area contributed by atoms with Gasteiger partial charge < -0.3 is 0 Å². The lowest BCUT2D eigenvalue weighted by Gasteiger charge is -2.59. The second-order valence-electron chi connectivity index (χ2n) is 22.8. The third kappa shape index (κ3) is 33.2. The van der Waals surface area contributed by atoms with Crippen molar-refractivity contribution in [1.29, 1.82) is 0 Å². The molecule has 0 aliphatic carbocycles. The molecule has 3 atom stereocenters. The van der Waals surface area contributed by atoms with Gasteiger partial charge in [-0.3, -0.25) is 0 Å². The summed E-state index contributed by atoms with van der Waals surface area (Å²) in [5.41, 5.74) is 1.36. The zero-order chi connectivity index (χ0) is 45.0. The lowest BCUT2D eigenvalue weighted by atomic mass is 9.46. The van der Waals surface area contributed by atoms with Crippen molar-refractivity contribution in [1.82, 2.24) is 0 Å². The Hall–Kier alpha value is 0. The predicted octanol–water partition coefficient (Wildman–Crippen LogP) is 23.5. The van der Waals surface area contributed by atoms with Gasteiger partial charge in [-0.05, 0) is 67.1 Å². The SMILES string of the molecule is CCCCCCCCCCCCC(CCCCC)C(CCCCCC)(CC(C)(C)C)C(CCCCCCCC)(CCCCCCCCCC)CCCCCCCCCCCC. The molecule has 0 bridgehead atoms. The Balaban J connectivity index is 6.94. The molecule has 0 nitrogen and oxygen atoms in total. The van der Waals surface area contributed by atoms with Crippen LogP contribution in [0, 0.1) is 22.2 Å². The molecule has 368 valence electrons. The van der Waals surface area contributed by atoms with E-state index in [9.17, 15) is 0 Å². The Kier molecular flexibility index (Phi) is 43.9. The molecule has 0 fully saturated rings. The first-order valence-electron chi connectivity index (χ1n) is 29.7. The zero-order valence-corrected chi connectivity index (χ0v) is 45.0. The van der Waals surface area contributed by atoms with Gasteiger partial charge in [-0.1, -0.05) is 326 Å². The van der Waals surface area contributed by atoms with Crippen molar-refractivity contribution >= 4 is 0 Å². The van der Waals surface area contributed by atoms with E-state index in [0.717, 1.165) is 5.92 Å². The average Bonchev–Trinajstić information content (AvgIpc) is 3.24. The fourth-order valence-corrected chi connectivity index (χ4v) is 12.3. The maximum Gasteiger partial charge on any atom is -0.0208 e. The van der Waals surface area contributed by atoms with Crippen molar-refractivity contribution in [3.8, 4) is 0 Å². The molecule has 0 aliphatic heterocycles. The van der Waals surface area contributed by atoms with Crippen molar-refractivity contribution < 1.29 is 0 Å². The van der Waals surface area contributed by atoms with Crippen molar-refractivity contribution in [3.05, 3.63) is 0 Å². The van der Waals surface area contributed by atoms with Crippen LogP contribution >= 0.6 is 0 Å². The third-order valence-electron chi connectivity index (χ3n) is 15.7. The van der Waals surface area contributed by atoms with Crippen molar-refractivity contribution in [2.75, 3.05) is 0 Å². The highest BCUT2D eigenvalue weighted by molar-refractivity contribution is 5.03. The predicted molar refractivity (Wildman–Crippen MR) is 283 cm³/mol. The van der Waals surface area contributed by atoms with Gasteiger partial charge in [0.1, 0.15) is 0 Å². The lowest BCUT2D eigenvalue weighted by Crippen LogP contribution is -2.50. The molecule has 0 saturated heterocycles. The topological polar surface area (TPSA) is 0 Å². The molecule has 0 heterocycles.